The van der Waals surface area contributed by atoms with E-state index in [4.69, 9.17) is 9.97 Å². The molecule has 1 saturated heterocycles. The molecule has 2 N–H and O–H groups in total. The molecule has 2 aromatic heterocycles. The zero-order valence-electron chi connectivity index (χ0n) is 21.7. The standard InChI is InChI=1S/C30H41N5O/c1-21(17-22-5-6-22)32-30-31-18-27-28(20-35(29(27)33-30)25-11-13-26(36)14-12-25)24-9-7-23(8-10-24)19-34-15-3-2-4-16-34/h7-10,18,20-22,25-26,36H,2-6,11-17,19H2,1H3,(H,31,32,33)/t21-,25-,26-/m1/s1. The van der Waals surface area contributed by atoms with Crippen LogP contribution in [0.15, 0.2) is 36.7 Å². The molecule has 2 aliphatic carbocycles. The number of nitrogens with zero attached hydrogens (tertiary/aromatic N) is 4. The Hall–Kier alpha value is -2.44. The van der Waals surface area contributed by atoms with E-state index in [0.717, 1.165) is 55.1 Å². The van der Waals surface area contributed by atoms with Gasteiger partial charge in [0.2, 0.25) is 5.95 Å². The number of benzene rings is 1. The summed E-state index contributed by atoms with van der Waals surface area (Å²) in [4.78, 5) is 12.4. The number of aliphatic hydroxyl groups is 1. The first-order valence-electron chi connectivity index (χ1n) is 14.3. The van der Waals surface area contributed by atoms with Crippen LogP contribution < -0.4 is 5.32 Å². The Labute approximate surface area is 215 Å². The maximum Gasteiger partial charge on any atom is 0.224 e. The maximum absolute atomic E-state index is 10.1. The van der Waals surface area contributed by atoms with Crippen molar-refractivity contribution in [2.75, 3.05) is 18.4 Å². The van der Waals surface area contributed by atoms with Gasteiger partial charge in [-0.15, -0.1) is 0 Å². The fraction of sp³-hybridized carbons (Fsp3) is 0.600. The summed E-state index contributed by atoms with van der Waals surface area (Å²) in [6.07, 6.45) is 15.8. The van der Waals surface area contributed by atoms with Gasteiger partial charge in [-0.05, 0) is 82.0 Å². The van der Waals surface area contributed by atoms with Gasteiger partial charge in [-0.1, -0.05) is 43.5 Å². The predicted octanol–water partition coefficient (Wildman–Crippen LogP) is 6.16. The van der Waals surface area contributed by atoms with E-state index in [0.29, 0.717) is 12.1 Å². The van der Waals surface area contributed by atoms with Crippen LogP contribution in [-0.2, 0) is 6.54 Å². The minimum atomic E-state index is -0.162. The third-order valence-electron chi connectivity index (χ3n) is 8.51. The fourth-order valence-corrected chi connectivity index (χ4v) is 6.24. The Bertz CT molecular complexity index is 1150. The van der Waals surface area contributed by atoms with Gasteiger partial charge in [0.25, 0.3) is 0 Å². The SMILES string of the molecule is C[C@H](CC1CC1)Nc1ncc2c(-c3ccc(CN4CCCCC4)cc3)cn([C@H]3CC[C@H](O)CC3)c2n1. The van der Waals surface area contributed by atoms with E-state index >= 15 is 0 Å². The van der Waals surface area contributed by atoms with Gasteiger partial charge in [0.1, 0.15) is 5.65 Å². The fourth-order valence-electron chi connectivity index (χ4n) is 6.24. The van der Waals surface area contributed by atoms with E-state index in [1.54, 1.807) is 0 Å². The Kier molecular flexibility index (Phi) is 6.98. The molecule has 1 aromatic carbocycles. The third kappa shape index (κ3) is 5.45. The first-order chi connectivity index (χ1) is 17.6. The molecule has 0 radical (unpaired) electrons. The van der Waals surface area contributed by atoms with Gasteiger partial charge in [0.15, 0.2) is 0 Å². The van der Waals surface area contributed by atoms with Gasteiger partial charge in [0, 0.05) is 42.0 Å². The minimum Gasteiger partial charge on any atom is -0.393 e. The molecule has 3 aliphatic rings. The van der Waals surface area contributed by atoms with Crippen molar-refractivity contribution >= 4 is 17.0 Å². The number of fused-ring (bicyclic) bond motifs is 1. The van der Waals surface area contributed by atoms with Crippen LogP contribution in [0.3, 0.4) is 0 Å². The van der Waals surface area contributed by atoms with Crippen LogP contribution in [0.1, 0.15) is 82.7 Å². The van der Waals surface area contributed by atoms with Crippen molar-refractivity contribution in [1.29, 1.82) is 0 Å². The van der Waals surface area contributed by atoms with Gasteiger partial charge in [-0.25, -0.2) is 4.98 Å². The lowest BCUT2D eigenvalue weighted by Gasteiger charge is -2.27. The summed E-state index contributed by atoms with van der Waals surface area (Å²) in [6, 6.07) is 9.88. The number of hydrogen-bond donors (Lipinski definition) is 2. The second-order valence-electron chi connectivity index (χ2n) is 11.6. The molecule has 0 unspecified atom stereocenters. The van der Waals surface area contributed by atoms with Crippen LogP contribution >= 0.6 is 0 Å². The number of hydrogen-bond acceptors (Lipinski definition) is 5. The predicted molar refractivity (Wildman–Crippen MR) is 146 cm³/mol. The molecule has 192 valence electrons. The summed E-state index contributed by atoms with van der Waals surface area (Å²) in [5.74, 6) is 1.60. The normalized spacial score (nSPS) is 24.2. The quantitative estimate of drug-likeness (QED) is 0.398. The summed E-state index contributed by atoms with van der Waals surface area (Å²) in [5, 5.41) is 14.8. The average Bonchev–Trinajstić information content (AvgIpc) is 3.63. The van der Waals surface area contributed by atoms with Crippen LogP contribution in [0.2, 0.25) is 0 Å². The highest BCUT2D eigenvalue weighted by Gasteiger charge is 2.26. The molecule has 3 heterocycles. The van der Waals surface area contributed by atoms with E-state index < -0.39 is 0 Å². The Morgan fingerprint density at radius 1 is 1.00 bits per heavy atom. The van der Waals surface area contributed by atoms with Crippen LogP contribution in [-0.4, -0.2) is 49.8 Å². The second kappa shape index (κ2) is 10.5. The van der Waals surface area contributed by atoms with Crippen LogP contribution in [0.4, 0.5) is 5.95 Å². The largest absolute Gasteiger partial charge is 0.393 e. The molecule has 0 bridgehead atoms. The molecule has 0 amide bonds. The topological polar surface area (TPSA) is 66.2 Å². The summed E-state index contributed by atoms with van der Waals surface area (Å²) in [7, 11) is 0. The smallest absolute Gasteiger partial charge is 0.224 e. The Balaban J connectivity index is 1.28. The van der Waals surface area contributed by atoms with Crippen LogP contribution in [0.5, 0.6) is 0 Å². The molecule has 36 heavy (non-hydrogen) atoms. The molecule has 3 aromatic rings. The number of rotatable bonds is 8. The van der Waals surface area contributed by atoms with E-state index in [9.17, 15) is 5.11 Å². The first kappa shape index (κ1) is 23.9. The molecule has 6 nitrogen and oxygen atoms in total. The number of piperidine rings is 1. The third-order valence-corrected chi connectivity index (χ3v) is 8.51. The highest BCUT2D eigenvalue weighted by Crippen LogP contribution is 2.37. The number of aromatic nitrogens is 3. The Morgan fingerprint density at radius 3 is 2.47 bits per heavy atom. The molecular weight excluding hydrogens is 446 g/mol. The summed E-state index contributed by atoms with van der Waals surface area (Å²) in [6.45, 7) is 5.73. The molecule has 0 spiro atoms. The molecular formula is C30H41N5O. The van der Waals surface area contributed by atoms with Gasteiger partial charge in [-0.3, -0.25) is 4.90 Å². The highest BCUT2D eigenvalue weighted by atomic mass is 16.3. The molecule has 6 heteroatoms. The van der Waals surface area contributed by atoms with E-state index in [1.807, 2.05) is 6.20 Å². The van der Waals surface area contributed by atoms with E-state index in [2.05, 4.69) is 52.2 Å². The zero-order chi connectivity index (χ0) is 24.5. The molecule has 6 rings (SSSR count). The van der Waals surface area contributed by atoms with Crippen molar-refractivity contribution in [2.45, 2.75) is 95.9 Å². The van der Waals surface area contributed by atoms with Crippen molar-refractivity contribution in [3.63, 3.8) is 0 Å². The lowest BCUT2D eigenvalue weighted by atomic mass is 9.93. The molecule has 3 fully saturated rings. The monoisotopic (exact) mass is 487 g/mol. The number of likely N-dealkylation sites (tertiary alicyclic amines) is 1. The average molecular weight is 488 g/mol. The first-order valence-corrected chi connectivity index (χ1v) is 14.3. The zero-order valence-corrected chi connectivity index (χ0v) is 21.7. The second-order valence-corrected chi connectivity index (χ2v) is 11.6. The summed E-state index contributed by atoms with van der Waals surface area (Å²) >= 11 is 0. The number of anilines is 1. The lowest BCUT2D eigenvalue weighted by molar-refractivity contribution is 0.111. The van der Waals surface area contributed by atoms with Crippen LogP contribution in [0.25, 0.3) is 22.2 Å². The minimum absolute atomic E-state index is 0.162. The van der Waals surface area contributed by atoms with E-state index in [-0.39, 0.29) is 6.10 Å². The number of nitrogens with one attached hydrogen (secondary N) is 1. The molecule has 1 aliphatic heterocycles. The van der Waals surface area contributed by atoms with Gasteiger partial charge >= 0.3 is 0 Å². The van der Waals surface area contributed by atoms with Gasteiger partial charge in [-0.2, -0.15) is 4.98 Å². The van der Waals surface area contributed by atoms with Gasteiger partial charge < -0.3 is 15.0 Å². The molecule has 2 saturated carbocycles. The maximum atomic E-state index is 10.1. The summed E-state index contributed by atoms with van der Waals surface area (Å²) in [5.41, 5.74) is 4.83. The van der Waals surface area contributed by atoms with Crippen molar-refractivity contribution in [3.8, 4) is 11.1 Å². The van der Waals surface area contributed by atoms with Crippen molar-refractivity contribution in [1.82, 2.24) is 19.4 Å². The Morgan fingerprint density at radius 2 is 1.75 bits per heavy atom. The van der Waals surface area contributed by atoms with Crippen molar-refractivity contribution in [3.05, 3.63) is 42.2 Å². The van der Waals surface area contributed by atoms with Crippen LogP contribution in [0, 0.1) is 5.92 Å². The number of aliphatic hydroxyl groups excluding tert-OH is 1. The van der Waals surface area contributed by atoms with E-state index in [1.165, 1.54) is 68.3 Å². The molecule has 1 atom stereocenters. The lowest BCUT2D eigenvalue weighted by Crippen LogP contribution is -2.28. The highest BCUT2D eigenvalue weighted by molar-refractivity contribution is 5.94. The summed E-state index contributed by atoms with van der Waals surface area (Å²) < 4.78 is 2.37. The van der Waals surface area contributed by atoms with Crippen molar-refractivity contribution in [2.24, 2.45) is 5.92 Å². The van der Waals surface area contributed by atoms with Crippen molar-refractivity contribution < 1.29 is 5.11 Å². The van der Waals surface area contributed by atoms with Gasteiger partial charge in [0.05, 0.1) is 6.10 Å².